The zero-order valence-corrected chi connectivity index (χ0v) is 16.4. The zero-order chi connectivity index (χ0) is 19.4. The number of amides is 1. The number of aromatic hydroxyl groups is 1. The fourth-order valence-corrected chi connectivity index (χ4v) is 3.71. The van der Waals surface area contributed by atoms with Gasteiger partial charge in [0.15, 0.2) is 16.7 Å². The van der Waals surface area contributed by atoms with Crippen LogP contribution in [0.4, 0.5) is 5.69 Å². The second-order valence-corrected chi connectivity index (χ2v) is 7.06. The number of hydrogen-bond acceptors (Lipinski definition) is 5. The van der Waals surface area contributed by atoms with E-state index in [4.69, 9.17) is 4.74 Å². The van der Waals surface area contributed by atoms with Crippen LogP contribution in [0.2, 0.25) is 0 Å². The molecule has 6 heteroatoms. The van der Waals surface area contributed by atoms with Gasteiger partial charge >= 0.3 is 0 Å². The molecule has 5 nitrogen and oxygen atoms in total. The number of ether oxygens (including phenoxy) is 1. The minimum Gasteiger partial charge on any atom is -0.504 e. The van der Waals surface area contributed by atoms with E-state index in [2.05, 4.69) is 4.99 Å². The lowest BCUT2D eigenvalue weighted by Crippen LogP contribution is -2.28. The summed E-state index contributed by atoms with van der Waals surface area (Å²) in [6.07, 6.45) is 1.80. The number of aryl methyl sites for hydroxylation is 1. The molecule has 0 unspecified atom stereocenters. The Morgan fingerprint density at radius 3 is 2.59 bits per heavy atom. The Hall–Kier alpha value is -2.73. The predicted molar refractivity (Wildman–Crippen MR) is 111 cm³/mol. The fraction of sp³-hybridized carbons (Fsp3) is 0.238. The van der Waals surface area contributed by atoms with Crippen LogP contribution in [0, 0.1) is 6.92 Å². The molecule has 27 heavy (non-hydrogen) atoms. The average molecular weight is 382 g/mol. The first-order valence-electron chi connectivity index (χ1n) is 8.84. The van der Waals surface area contributed by atoms with Gasteiger partial charge < -0.3 is 9.84 Å². The van der Waals surface area contributed by atoms with Gasteiger partial charge in [-0.05, 0) is 68.4 Å². The van der Waals surface area contributed by atoms with Gasteiger partial charge in [-0.15, -0.1) is 0 Å². The third-order valence-corrected chi connectivity index (χ3v) is 5.05. The number of hydrogen-bond donors (Lipinski definition) is 1. The van der Waals surface area contributed by atoms with Gasteiger partial charge in [-0.25, -0.2) is 4.99 Å². The van der Waals surface area contributed by atoms with Crippen LogP contribution in [0.3, 0.4) is 0 Å². The van der Waals surface area contributed by atoms with Crippen molar-refractivity contribution in [2.75, 3.05) is 13.2 Å². The number of aliphatic imine (C=N–C) groups is 1. The van der Waals surface area contributed by atoms with Crippen LogP contribution >= 0.6 is 11.8 Å². The number of phenolic OH excluding ortho intramolecular Hbond substituents is 1. The number of phenols is 1. The van der Waals surface area contributed by atoms with Gasteiger partial charge in [0.05, 0.1) is 17.2 Å². The number of carbonyl (C=O) groups is 1. The third kappa shape index (κ3) is 4.34. The molecule has 3 rings (SSSR count). The molecule has 1 N–H and O–H groups in total. The smallest absolute Gasteiger partial charge is 0.266 e. The number of carbonyl (C=O) groups excluding carboxylic acids is 1. The SMILES string of the molecule is CCOc1cc(/C=C2/SC(=Nc3ccc(C)cc3)N(CC)C2=O)ccc1O. The lowest BCUT2D eigenvalue weighted by Gasteiger charge is -2.12. The molecule has 0 radical (unpaired) electrons. The molecule has 1 amide bonds. The monoisotopic (exact) mass is 382 g/mol. The van der Waals surface area contributed by atoms with Crippen LogP contribution in [0.1, 0.15) is 25.0 Å². The second kappa shape index (κ2) is 8.31. The highest BCUT2D eigenvalue weighted by Crippen LogP contribution is 2.35. The van der Waals surface area contributed by atoms with Crippen molar-refractivity contribution < 1.29 is 14.6 Å². The molecule has 1 heterocycles. The van der Waals surface area contributed by atoms with Crippen molar-refractivity contribution in [3.05, 3.63) is 58.5 Å². The summed E-state index contributed by atoms with van der Waals surface area (Å²) in [5.41, 5.74) is 2.78. The molecule has 140 valence electrons. The molecule has 1 aliphatic heterocycles. The highest BCUT2D eigenvalue weighted by atomic mass is 32.2. The van der Waals surface area contributed by atoms with E-state index in [9.17, 15) is 9.90 Å². The van der Waals surface area contributed by atoms with Crippen molar-refractivity contribution in [1.29, 1.82) is 0 Å². The van der Waals surface area contributed by atoms with Crippen molar-refractivity contribution in [2.24, 2.45) is 4.99 Å². The van der Waals surface area contributed by atoms with E-state index in [-0.39, 0.29) is 11.7 Å². The maximum absolute atomic E-state index is 12.7. The van der Waals surface area contributed by atoms with Crippen molar-refractivity contribution in [1.82, 2.24) is 4.90 Å². The molecular formula is C21H22N2O3S. The normalized spacial score (nSPS) is 17.1. The van der Waals surface area contributed by atoms with Gasteiger partial charge in [0.25, 0.3) is 5.91 Å². The molecular weight excluding hydrogens is 360 g/mol. The largest absolute Gasteiger partial charge is 0.504 e. The molecule has 0 aliphatic carbocycles. The Kier molecular flexibility index (Phi) is 5.86. The highest BCUT2D eigenvalue weighted by Gasteiger charge is 2.32. The second-order valence-electron chi connectivity index (χ2n) is 6.05. The minimum atomic E-state index is -0.0700. The fourth-order valence-electron chi connectivity index (χ4n) is 2.64. The highest BCUT2D eigenvalue weighted by molar-refractivity contribution is 8.18. The van der Waals surface area contributed by atoms with E-state index in [1.165, 1.54) is 17.3 Å². The molecule has 1 aliphatic rings. The summed E-state index contributed by atoms with van der Waals surface area (Å²) in [5.74, 6) is 0.420. The molecule has 2 aromatic rings. The number of amidine groups is 1. The maximum atomic E-state index is 12.7. The van der Waals surface area contributed by atoms with Gasteiger partial charge in [0.2, 0.25) is 0 Å². The van der Waals surface area contributed by atoms with Crippen LogP contribution in [-0.2, 0) is 4.79 Å². The number of rotatable bonds is 5. The van der Waals surface area contributed by atoms with Gasteiger partial charge in [-0.2, -0.15) is 0 Å². The summed E-state index contributed by atoms with van der Waals surface area (Å²) in [6.45, 7) is 6.82. The van der Waals surface area contributed by atoms with E-state index in [0.717, 1.165) is 11.3 Å². The molecule has 0 atom stereocenters. The van der Waals surface area contributed by atoms with Crippen LogP contribution < -0.4 is 4.74 Å². The first kappa shape index (κ1) is 19.0. The molecule has 1 saturated heterocycles. The van der Waals surface area contributed by atoms with Crippen molar-refractivity contribution >= 4 is 34.6 Å². The summed E-state index contributed by atoms with van der Waals surface area (Å²) in [5, 5.41) is 10.5. The number of thioether (sulfide) groups is 1. The maximum Gasteiger partial charge on any atom is 0.266 e. The number of benzene rings is 2. The minimum absolute atomic E-state index is 0.0700. The van der Waals surface area contributed by atoms with Crippen LogP contribution in [0.25, 0.3) is 6.08 Å². The Morgan fingerprint density at radius 2 is 1.93 bits per heavy atom. The Labute approximate surface area is 163 Å². The molecule has 2 aromatic carbocycles. The van der Waals surface area contributed by atoms with E-state index in [1.807, 2.05) is 45.0 Å². The number of likely N-dealkylation sites (N-methyl/N-ethyl adjacent to an activating group) is 1. The predicted octanol–water partition coefficient (Wildman–Crippen LogP) is 4.72. The average Bonchev–Trinajstić information content (AvgIpc) is 2.94. The first-order chi connectivity index (χ1) is 13.0. The molecule has 1 fully saturated rings. The topological polar surface area (TPSA) is 62.1 Å². The Balaban J connectivity index is 1.91. The van der Waals surface area contributed by atoms with Crippen molar-refractivity contribution in [3.8, 4) is 11.5 Å². The zero-order valence-electron chi connectivity index (χ0n) is 15.6. The van der Waals surface area contributed by atoms with E-state index < -0.39 is 0 Å². The summed E-state index contributed by atoms with van der Waals surface area (Å²) in [4.78, 5) is 19.6. The lowest BCUT2D eigenvalue weighted by atomic mass is 10.2. The van der Waals surface area contributed by atoms with E-state index >= 15 is 0 Å². The molecule has 0 spiro atoms. The quantitative estimate of drug-likeness (QED) is 0.760. The Bertz CT molecular complexity index is 904. The van der Waals surface area contributed by atoms with Crippen LogP contribution in [0.5, 0.6) is 11.5 Å². The summed E-state index contributed by atoms with van der Waals surface area (Å²) in [6, 6.07) is 12.9. The van der Waals surface area contributed by atoms with Crippen molar-refractivity contribution in [2.45, 2.75) is 20.8 Å². The van der Waals surface area contributed by atoms with Crippen LogP contribution in [-0.4, -0.2) is 34.2 Å². The van der Waals surface area contributed by atoms with Gasteiger partial charge in [-0.3, -0.25) is 9.69 Å². The van der Waals surface area contributed by atoms with E-state index in [0.29, 0.717) is 29.0 Å². The Morgan fingerprint density at radius 1 is 1.19 bits per heavy atom. The van der Waals surface area contributed by atoms with Gasteiger partial charge in [0, 0.05) is 6.54 Å². The number of nitrogens with zero attached hydrogens (tertiary/aromatic N) is 2. The summed E-state index contributed by atoms with van der Waals surface area (Å²) >= 11 is 1.35. The van der Waals surface area contributed by atoms with Crippen LogP contribution in [0.15, 0.2) is 52.4 Å². The third-order valence-electron chi connectivity index (χ3n) is 4.04. The summed E-state index contributed by atoms with van der Waals surface area (Å²) < 4.78 is 5.42. The van der Waals surface area contributed by atoms with Gasteiger partial charge in [-0.1, -0.05) is 23.8 Å². The molecule has 0 aromatic heterocycles. The van der Waals surface area contributed by atoms with Crippen molar-refractivity contribution in [3.63, 3.8) is 0 Å². The van der Waals surface area contributed by atoms with E-state index in [1.54, 1.807) is 29.2 Å². The first-order valence-corrected chi connectivity index (χ1v) is 9.66. The lowest BCUT2D eigenvalue weighted by molar-refractivity contribution is -0.122. The standard InChI is InChI=1S/C21H22N2O3S/c1-4-23-20(25)19(13-15-8-11-17(24)18(12-15)26-5-2)27-21(23)22-16-9-6-14(3)7-10-16/h6-13,24H,4-5H2,1-3H3/b19-13+,22-21?. The molecule has 0 saturated carbocycles. The summed E-state index contributed by atoms with van der Waals surface area (Å²) in [7, 11) is 0. The van der Waals surface area contributed by atoms with Gasteiger partial charge in [0.1, 0.15) is 0 Å². The molecule has 0 bridgehead atoms.